The molecular formula is C26H26N2O5S. The molecule has 0 spiro atoms. The number of para-hydroxylation sites is 4. The van der Waals surface area contributed by atoms with E-state index in [1.165, 1.54) is 4.90 Å². The fourth-order valence-electron chi connectivity index (χ4n) is 3.94. The Morgan fingerprint density at radius 3 is 2.26 bits per heavy atom. The molecule has 0 saturated carbocycles. The van der Waals surface area contributed by atoms with Crippen LogP contribution in [-0.4, -0.2) is 48.0 Å². The lowest BCUT2D eigenvalue weighted by Crippen LogP contribution is -2.32. The minimum absolute atomic E-state index is 0.153. The van der Waals surface area contributed by atoms with Crippen molar-refractivity contribution in [1.82, 2.24) is 9.47 Å². The molecule has 2 aromatic carbocycles. The van der Waals surface area contributed by atoms with Gasteiger partial charge in [0.05, 0.1) is 31.4 Å². The summed E-state index contributed by atoms with van der Waals surface area (Å²) in [7, 11) is 3.20. The van der Waals surface area contributed by atoms with Crippen LogP contribution in [0.25, 0.3) is 11.8 Å². The van der Waals surface area contributed by atoms with Gasteiger partial charge in [-0.2, -0.15) is 0 Å². The Bertz CT molecular complexity index is 1260. The number of hydrogen-bond donors (Lipinski definition) is 0. The number of carbonyl (C=O) groups excluding carboxylic acids is 2. The van der Waals surface area contributed by atoms with Crippen molar-refractivity contribution in [2.45, 2.75) is 13.8 Å². The number of aryl methyl sites for hydroxylation is 1. The minimum Gasteiger partial charge on any atom is -0.495 e. The number of carbonyl (C=O) groups is 2. The average molecular weight is 479 g/mol. The SMILES string of the molecule is COc1ccccc1OCCN1C(=O)S/C(=C\c2cc(C)n(-c3ccccc3OC)c2C)C1=O. The van der Waals surface area contributed by atoms with Gasteiger partial charge in [-0.1, -0.05) is 24.3 Å². The molecular weight excluding hydrogens is 452 g/mol. The van der Waals surface area contributed by atoms with E-state index < -0.39 is 0 Å². The third kappa shape index (κ3) is 4.54. The number of rotatable bonds is 8. The largest absolute Gasteiger partial charge is 0.495 e. The summed E-state index contributed by atoms with van der Waals surface area (Å²) in [5, 5.41) is -0.307. The number of thioether (sulfide) groups is 1. The molecule has 1 fully saturated rings. The van der Waals surface area contributed by atoms with Gasteiger partial charge in [0.25, 0.3) is 11.1 Å². The second-order valence-electron chi connectivity index (χ2n) is 7.67. The summed E-state index contributed by atoms with van der Waals surface area (Å²) in [6.45, 7) is 4.31. The summed E-state index contributed by atoms with van der Waals surface area (Å²) in [4.78, 5) is 27.1. The van der Waals surface area contributed by atoms with E-state index in [1.807, 2.05) is 56.3 Å². The predicted molar refractivity (Wildman–Crippen MR) is 133 cm³/mol. The molecule has 0 bridgehead atoms. The number of nitrogens with zero attached hydrogens (tertiary/aromatic N) is 2. The van der Waals surface area contributed by atoms with Gasteiger partial charge in [0, 0.05) is 11.4 Å². The van der Waals surface area contributed by atoms with Crippen molar-refractivity contribution in [1.29, 1.82) is 0 Å². The summed E-state index contributed by atoms with van der Waals surface area (Å²) in [6.07, 6.45) is 1.78. The van der Waals surface area contributed by atoms with E-state index in [-0.39, 0.29) is 24.3 Å². The number of imide groups is 1. The summed E-state index contributed by atoms with van der Waals surface area (Å²) < 4.78 is 18.6. The van der Waals surface area contributed by atoms with Gasteiger partial charge in [-0.25, -0.2) is 0 Å². The molecule has 0 atom stereocenters. The maximum atomic E-state index is 13.0. The zero-order valence-corrected chi connectivity index (χ0v) is 20.3. The molecule has 1 aliphatic rings. The van der Waals surface area contributed by atoms with Crippen LogP contribution in [0.2, 0.25) is 0 Å². The normalized spacial score (nSPS) is 14.7. The molecule has 3 aromatic rings. The number of amides is 2. The number of aromatic nitrogens is 1. The molecule has 176 valence electrons. The molecule has 0 unspecified atom stereocenters. The zero-order chi connectivity index (χ0) is 24.2. The summed E-state index contributed by atoms with van der Waals surface area (Å²) in [5.41, 5.74) is 3.74. The third-order valence-electron chi connectivity index (χ3n) is 5.60. The Morgan fingerprint density at radius 2 is 1.56 bits per heavy atom. The van der Waals surface area contributed by atoms with Gasteiger partial charge >= 0.3 is 0 Å². The third-order valence-corrected chi connectivity index (χ3v) is 6.51. The van der Waals surface area contributed by atoms with Crippen LogP contribution < -0.4 is 14.2 Å². The Kier molecular flexibility index (Phi) is 6.98. The first kappa shape index (κ1) is 23.5. The van der Waals surface area contributed by atoms with Gasteiger partial charge < -0.3 is 18.8 Å². The van der Waals surface area contributed by atoms with E-state index >= 15 is 0 Å². The smallest absolute Gasteiger partial charge is 0.293 e. The maximum Gasteiger partial charge on any atom is 0.293 e. The van der Waals surface area contributed by atoms with Gasteiger partial charge in [0.1, 0.15) is 12.4 Å². The quantitative estimate of drug-likeness (QED) is 0.413. The van der Waals surface area contributed by atoms with Gasteiger partial charge in [-0.15, -0.1) is 0 Å². The number of ether oxygens (including phenoxy) is 3. The van der Waals surface area contributed by atoms with Crippen LogP contribution in [0.1, 0.15) is 17.0 Å². The van der Waals surface area contributed by atoms with E-state index in [9.17, 15) is 9.59 Å². The number of hydrogen-bond acceptors (Lipinski definition) is 6. The lowest BCUT2D eigenvalue weighted by atomic mass is 10.2. The van der Waals surface area contributed by atoms with E-state index in [2.05, 4.69) is 4.57 Å². The minimum atomic E-state index is -0.319. The first-order valence-electron chi connectivity index (χ1n) is 10.8. The molecule has 7 nitrogen and oxygen atoms in total. The van der Waals surface area contributed by atoms with Crippen LogP contribution in [0, 0.1) is 13.8 Å². The fourth-order valence-corrected chi connectivity index (χ4v) is 4.79. The van der Waals surface area contributed by atoms with Crippen molar-refractivity contribution in [2.75, 3.05) is 27.4 Å². The van der Waals surface area contributed by atoms with E-state index in [1.54, 1.807) is 32.4 Å². The van der Waals surface area contributed by atoms with E-state index in [0.717, 1.165) is 40.2 Å². The molecule has 0 radical (unpaired) electrons. The van der Waals surface area contributed by atoms with Gasteiger partial charge in [0.15, 0.2) is 11.5 Å². The molecule has 0 aliphatic carbocycles. The van der Waals surface area contributed by atoms with Crippen molar-refractivity contribution in [3.63, 3.8) is 0 Å². The van der Waals surface area contributed by atoms with Crippen LogP contribution in [0.4, 0.5) is 4.79 Å². The summed E-state index contributed by atoms with van der Waals surface area (Å²) in [6, 6.07) is 17.0. The topological polar surface area (TPSA) is 70.0 Å². The van der Waals surface area contributed by atoms with Crippen molar-refractivity contribution < 1.29 is 23.8 Å². The Balaban J connectivity index is 1.51. The van der Waals surface area contributed by atoms with Gasteiger partial charge in [-0.3, -0.25) is 14.5 Å². The molecule has 4 rings (SSSR count). The summed E-state index contributed by atoms with van der Waals surface area (Å²) in [5.74, 6) is 1.60. The molecule has 8 heteroatoms. The van der Waals surface area contributed by atoms with Crippen LogP contribution in [0.5, 0.6) is 17.2 Å². The van der Waals surface area contributed by atoms with Crippen molar-refractivity contribution in [3.8, 4) is 22.9 Å². The van der Waals surface area contributed by atoms with E-state index in [4.69, 9.17) is 14.2 Å². The van der Waals surface area contributed by atoms with E-state index in [0.29, 0.717) is 16.4 Å². The summed E-state index contributed by atoms with van der Waals surface area (Å²) >= 11 is 0.942. The number of methoxy groups -OCH3 is 2. The Hall–Kier alpha value is -3.65. The fraction of sp³-hybridized carbons (Fsp3) is 0.231. The highest BCUT2D eigenvalue weighted by Gasteiger charge is 2.35. The maximum absolute atomic E-state index is 13.0. The van der Waals surface area contributed by atoms with Crippen LogP contribution >= 0.6 is 11.8 Å². The van der Waals surface area contributed by atoms with Crippen molar-refractivity contribution >= 4 is 29.0 Å². The Morgan fingerprint density at radius 1 is 0.912 bits per heavy atom. The lowest BCUT2D eigenvalue weighted by Gasteiger charge is -2.14. The first-order chi connectivity index (χ1) is 16.4. The Labute approximate surface area is 202 Å². The monoisotopic (exact) mass is 478 g/mol. The van der Waals surface area contributed by atoms with Crippen LogP contribution in [-0.2, 0) is 4.79 Å². The van der Waals surface area contributed by atoms with Crippen LogP contribution in [0.3, 0.4) is 0 Å². The molecule has 1 aliphatic heterocycles. The second kappa shape index (κ2) is 10.1. The highest BCUT2D eigenvalue weighted by atomic mass is 32.2. The highest BCUT2D eigenvalue weighted by Crippen LogP contribution is 2.35. The average Bonchev–Trinajstić information content (AvgIpc) is 3.27. The molecule has 1 aromatic heterocycles. The molecule has 2 heterocycles. The lowest BCUT2D eigenvalue weighted by molar-refractivity contribution is -0.123. The van der Waals surface area contributed by atoms with Gasteiger partial charge in [-0.05, 0) is 67.6 Å². The van der Waals surface area contributed by atoms with Gasteiger partial charge in [0.2, 0.25) is 0 Å². The van der Waals surface area contributed by atoms with Crippen molar-refractivity contribution in [3.05, 3.63) is 76.5 Å². The first-order valence-corrected chi connectivity index (χ1v) is 11.6. The predicted octanol–water partition coefficient (Wildman–Crippen LogP) is 5.23. The molecule has 1 saturated heterocycles. The number of benzene rings is 2. The molecule has 2 amide bonds. The standard InChI is InChI=1S/C26H26N2O5S/c1-17-15-19(18(2)28(17)20-9-5-6-10-21(20)31-3)16-24-25(29)27(26(30)34-24)13-14-33-23-12-8-7-11-22(23)32-4/h5-12,15-16H,13-14H2,1-4H3/b24-16-. The zero-order valence-electron chi connectivity index (χ0n) is 19.5. The molecule has 34 heavy (non-hydrogen) atoms. The molecule has 0 N–H and O–H groups in total. The second-order valence-corrected chi connectivity index (χ2v) is 8.66. The van der Waals surface area contributed by atoms with Crippen LogP contribution in [0.15, 0.2) is 59.5 Å². The highest BCUT2D eigenvalue weighted by molar-refractivity contribution is 8.18. The van der Waals surface area contributed by atoms with Crippen molar-refractivity contribution in [2.24, 2.45) is 0 Å².